The first kappa shape index (κ1) is 22.4. The number of rotatable bonds is 7. The number of carbonyl (C=O) groups is 2. The predicted molar refractivity (Wildman–Crippen MR) is 110 cm³/mol. The van der Waals surface area contributed by atoms with Gasteiger partial charge in [-0.05, 0) is 54.8 Å². The van der Waals surface area contributed by atoms with E-state index in [-0.39, 0.29) is 0 Å². The Kier molecular flexibility index (Phi) is 9.54. The first-order valence-electron chi connectivity index (χ1n) is 8.40. The molecule has 0 unspecified atom stereocenters. The molecule has 0 spiro atoms. The van der Waals surface area contributed by atoms with E-state index in [9.17, 15) is 9.59 Å². The second-order valence-electron chi connectivity index (χ2n) is 5.79. The van der Waals surface area contributed by atoms with E-state index < -0.39 is 5.97 Å². The van der Waals surface area contributed by atoms with Crippen molar-refractivity contribution in [2.45, 2.75) is 13.8 Å². The number of hydrogen-bond donors (Lipinski definition) is 0. The largest absolute Gasteiger partial charge is 0.497 e. The minimum atomic E-state index is -0.486. The maximum Gasteiger partial charge on any atom is 0.338 e. The third-order valence-corrected chi connectivity index (χ3v) is 3.26. The van der Waals surface area contributed by atoms with E-state index in [1.54, 1.807) is 21.0 Å². The van der Waals surface area contributed by atoms with Crippen LogP contribution in [0.1, 0.15) is 13.8 Å². The standard InChI is InChI=1S/C19H18O4.C4H6O/c1-14(2)19(20)23-13-12-22-18-10-6-16(7-11-18)15-4-8-17(21-3)9-5-15;1-4(2)3-5/h4-13H,1H2,2-3H3;3H,1H2,2H3/b13-12-;. The van der Waals surface area contributed by atoms with Gasteiger partial charge in [0.2, 0.25) is 0 Å². The summed E-state index contributed by atoms with van der Waals surface area (Å²) < 4.78 is 15.3. The fourth-order valence-corrected chi connectivity index (χ4v) is 1.81. The number of esters is 1. The van der Waals surface area contributed by atoms with Gasteiger partial charge in [0.05, 0.1) is 7.11 Å². The molecule has 2 rings (SSSR count). The molecule has 0 aliphatic heterocycles. The van der Waals surface area contributed by atoms with Crippen LogP contribution in [-0.4, -0.2) is 19.4 Å². The molecule has 0 atom stereocenters. The number of ether oxygens (including phenoxy) is 3. The van der Waals surface area contributed by atoms with E-state index in [0.29, 0.717) is 16.9 Å². The Bertz CT molecular complexity index is 830. The lowest BCUT2D eigenvalue weighted by Gasteiger charge is -2.05. The molecule has 0 saturated carbocycles. The first-order valence-corrected chi connectivity index (χ1v) is 8.40. The Labute approximate surface area is 165 Å². The second-order valence-corrected chi connectivity index (χ2v) is 5.79. The topological polar surface area (TPSA) is 61.8 Å². The molecule has 2 aromatic rings. The third kappa shape index (κ3) is 8.19. The summed E-state index contributed by atoms with van der Waals surface area (Å²) in [6.07, 6.45) is 3.22. The zero-order chi connectivity index (χ0) is 20.9. The summed E-state index contributed by atoms with van der Waals surface area (Å²) >= 11 is 0. The van der Waals surface area contributed by atoms with E-state index in [2.05, 4.69) is 13.2 Å². The lowest BCUT2D eigenvalue weighted by Crippen LogP contribution is -1.99. The zero-order valence-corrected chi connectivity index (χ0v) is 16.3. The van der Waals surface area contributed by atoms with Crippen molar-refractivity contribution in [3.05, 3.63) is 85.4 Å². The molecular formula is C23H24O5. The van der Waals surface area contributed by atoms with Gasteiger partial charge in [-0.15, -0.1) is 0 Å². The van der Waals surface area contributed by atoms with Crippen LogP contribution in [0, 0.1) is 0 Å². The van der Waals surface area contributed by atoms with Gasteiger partial charge in [-0.2, -0.15) is 0 Å². The average molecular weight is 380 g/mol. The summed E-state index contributed by atoms with van der Waals surface area (Å²) in [4.78, 5) is 20.6. The molecule has 0 saturated heterocycles. The van der Waals surface area contributed by atoms with E-state index in [4.69, 9.17) is 14.2 Å². The summed E-state index contributed by atoms with van der Waals surface area (Å²) in [6, 6.07) is 15.4. The zero-order valence-electron chi connectivity index (χ0n) is 16.3. The van der Waals surface area contributed by atoms with Crippen LogP contribution >= 0.6 is 0 Å². The molecule has 28 heavy (non-hydrogen) atoms. The summed E-state index contributed by atoms with van der Waals surface area (Å²) in [5.41, 5.74) is 3.06. The minimum Gasteiger partial charge on any atom is -0.497 e. The Morgan fingerprint density at radius 2 is 1.32 bits per heavy atom. The average Bonchev–Trinajstić information content (AvgIpc) is 2.72. The van der Waals surface area contributed by atoms with Crippen LogP contribution < -0.4 is 9.47 Å². The first-order chi connectivity index (χ1) is 13.4. The molecule has 0 bridgehead atoms. The maximum atomic E-state index is 11.2. The van der Waals surface area contributed by atoms with Crippen molar-refractivity contribution in [1.82, 2.24) is 0 Å². The Morgan fingerprint density at radius 3 is 1.71 bits per heavy atom. The summed E-state index contributed by atoms with van der Waals surface area (Å²) in [6.45, 7) is 10.0. The maximum absolute atomic E-state index is 11.2. The quantitative estimate of drug-likeness (QED) is 0.290. The van der Waals surface area contributed by atoms with Gasteiger partial charge in [-0.3, -0.25) is 4.79 Å². The Hall–Kier alpha value is -3.60. The van der Waals surface area contributed by atoms with Gasteiger partial charge >= 0.3 is 5.97 Å². The van der Waals surface area contributed by atoms with Gasteiger partial charge in [0.15, 0.2) is 0 Å². The lowest BCUT2D eigenvalue weighted by molar-refractivity contribution is -0.133. The van der Waals surface area contributed by atoms with Crippen LogP contribution in [0.4, 0.5) is 0 Å². The van der Waals surface area contributed by atoms with Crippen LogP contribution in [-0.2, 0) is 14.3 Å². The van der Waals surface area contributed by atoms with Crippen molar-refractivity contribution in [1.29, 1.82) is 0 Å². The smallest absolute Gasteiger partial charge is 0.338 e. The fourth-order valence-electron chi connectivity index (χ4n) is 1.81. The molecule has 2 aromatic carbocycles. The number of allylic oxidation sites excluding steroid dienone is 1. The van der Waals surface area contributed by atoms with Gasteiger partial charge in [-0.25, -0.2) is 4.79 Å². The number of hydrogen-bond acceptors (Lipinski definition) is 5. The van der Waals surface area contributed by atoms with Crippen molar-refractivity contribution < 1.29 is 23.8 Å². The number of aldehydes is 1. The minimum absolute atomic E-state index is 0.332. The van der Waals surface area contributed by atoms with E-state index in [1.807, 2.05) is 48.5 Å². The highest BCUT2D eigenvalue weighted by Crippen LogP contribution is 2.24. The summed E-state index contributed by atoms with van der Waals surface area (Å²) in [5.74, 6) is 0.979. The van der Waals surface area contributed by atoms with Crippen LogP contribution in [0.3, 0.4) is 0 Å². The van der Waals surface area contributed by atoms with Crippen LogP contribution in [0.5, 0.6) is 11.5 Å². The van der Waals surface area contributed by atoms with Gasteiger partial charge in [-0.1, -0.05) is 37.4 Å². The van der Waals surface area contributed by atoms with Crippen LogP contribution in [0.2, 0.25) is 0 Å². The van der Waals surface area contributed by atoms with Crippen LogP contribution in [0.25, 0.3) is 11.1 Å². The van der Waals surface area contributed by atoms with Gasteiger partial charge < -0.3 is 14.2 Å². The van der Waals surface area contributed by atoms with E-state index in [1.165, 1.54) is 12.5 Å². The monoisotopic (exact) mass is 380 g/mol. The molecule has 0 heterocycles. The predicted octanol–water partition coefficient (Wildman–Crippen LogP) is 5.09. The fraction of sp³-hybridized carbons (Fsp3) is 0.130. The van der Waals surface area contributed by atoms with Gasteiger partial charge in [0.25, 0.3) is 0 Å². The molecule has 0 aliphatic carbocycles. The molecule has 0 aliphatic rings. The lowest BCUT2D eigenvalue weighted by atomic mass is 10.1. The molecule has 0 fully saturated rings. The number of benzene rings is 2. The van der Waals surface area contributed by atoms with Crippen molar-refractivity contribution in [2.24, 2.45) is 0 Å². The van der Waals surface area contributed by atoms with Crippen molar-refractivity contribution >= 4 is 12.3 Å². The molecule has 0 radical (unpaired) electrons. The van der Waals surface area contributed by atoms with E-state index >= 15 is 0 Å². The molecule has 0 N–H and O–H groups in total. The van der Waals surface area contributed by atoms with Crippen LogP contribution in [0.15, 0.2) is 85.4 Å². The number of carbonyl (C=O) groups excluding carboxylic acids is 2. The molecule has 5 heteroatoms. The normalized spacial score (nSPS) is 9.68. The number of methoxy groups -OCH3 is 1. The molecular weight excluding hydrogens is 356 g/mol. The molecule has 146 valence electrons. The highest BCUT2D eigenvalue weighted by atomic mass is 16.5. The SMILES string of the molecule is C=C(C)C(=O)O/C=C\Oc1ccc(-c2ccc(OC)cc2)cc1.C=C(C)C=O. The summed E-state index contributed by atoms with van der Waals surface area (Å²) in [5, 5.41) is 0. The van der Waals surface area contributed by atoms with E-state index in [0.717, 1.165) is 23.2 Å². The summed E-state index contributed by atoms with van der Waals surface area (Å²) in [7, 11) is 1.64. The highest BCUT2D eigenvalue weighted by Gasteiger charge is 2.00. The molecule has 5 nitrogen and oxygen atoms in total. The van der Waals surface area contributed by atoms with Gasteiger partial charge in [0.1, 0.15) is 30.3 Å². The highest BCUT2D eigenvalue weighted by molar-refractivity contribution is 5.87. The third-order valence-electron chi connectivity index (χ3n) is 3.26. The van der Waals surface area contributed by atoms with Crippen molar-refractivity contribution in [2.75, 3.05) is 7.11 Å². The molecule has 0 amide bonds. The Morgan fingerprint density at radius 1 is 0.857 bits per heavy atom. The van der Waals surface area contributed by atoms with Crippen molar-refractivity contribution in [3.8, 4) is 22.6 Å². The van der Waals surface area contributed by atoms with Crippen molar-refractivity contribution in [3.63, 3.8) is 0 Å². The van der Waals surface area contributed by atoms with Gasteiger partial charge in [0, 0.05) is 5.57 Å². The second kappa shape index (κ2) is 11.9. The Balaban J connectivity index is 0.000000696. The molecule has 0 aromatic heterocycles.